The highest BCUT2D eigenvalue weighted by molar-refractivity contribution is 7.90. The second kappa shape index (κ2) is 8.63. The number of ether oxygens (including phenoxy) is 2. The molecule has 0 bridgehead atoms. The summed E-state index contributed by atoms with van der Waals surface area (Å²) in [5.74, 6) is -0.671. The first kappa shape index (κ1) is 21.4. The molecule has 4 atom stereocenters. The number of rotatable bonds is 7. The molecule has 1 rings (SSSR count). The number of nitrogens with zero attached hydrogens (tertiary/aromatic N) is 1. The second-order valence-electron chi connectivity index (χ2n) is 7.42. The van der Waals surface area contributed by atoms with Gasteiger partial charge in [-0.25, -0.2) is 0 Å². The van der Waals surface area contributed by atoms with Gasteiger partial charge in [0.15, 0.2) is 5.79 Å². The first-order chi connectivity index (χ1) is 11.0. The van der Waals surface area contributed by atoms with Gasteiger partial charge in [-0.3, -0.25) is 4.99 Å². The molecule has 1 saturated heterocycles. The average Bonchev–Trinajstić information content (AvgIpc) is 2.83. The van der Waals surface area contributed by atoms with Crippen molar-refractivity contribution in [2.45, 2.75) is 71.1 Å². The van der Waals surface area contributed by atoms with Gasteiger partial charge in [0.25, 0.3) is 0 Å². The maximum absolute atomic E-state index is 12.6. The quantitative estimate of drug-likeness (QED) is 0.561. The fraction of sp³-hybridized carbons (Fsp3) is 0.722. The van der Waals surface area contributed by atoms with Crippen LogP contribution in [0.4, 0.5) is 0 Å². The molecule has 1 aliphatic rings. The van der Waals surface area contributed by atoms with Crippen LogP contribution in [-0.4, -0.2) is 39.6 Å². The molecular formula is C18H32N2O3S. The van der Waals surface area contributed by atoms with E-state index in [1.807, 2.05) is 54.5 Å². The molecule has 1 heterocycles. The predicted octanol–water partition coefficient (Wildman–Crippen LogP) is 3.36. The first-order valence-corrected chi connectivity index (χ1v) is 9.48. The van der Waals surface area contributed by atoms with Crippen molar-refractivity contribution in [3.63, 3.8) is 0 Å². The molecule has 1 aliphatic heterocycles. The second-order valence-corrected chi connectivity index (χ2v) is 9.42. The van der Waals surface area contributed by atoms with E-state index in [0.29, 0.717) is 6.61 Å². The van der Waals surface area contributed by atoms with E-state index in [9.17, 15) is 4.55 Å². The van der Waals surface area contributed by atoms with E-state index in [1.54, 1.807) is 12.3 Å². The molecule has 0 aromatic rings. The summed E-state index contributed by atoms with van der Waals surface area (Å²) in [4.78, 5) is 4.44. The van der Waals surface area contributed by atoms with Crippen molar-refractivity contribution < 1.29 is 14.0 Å². The summed E-state index contributed by atoms with van der Waals surface area (Å²) < 4.78 is 27.2. The van der Waals surface area contributed by atoms with Gasteiger partial charge < -0.3 is 14.0 Å². The molecule has 0 aromatic heterocycles. The number of hydrogen-bond donors (Lipinski definition) is 1. The number of nitrogens with one attached hydrogen (secondary N) is 1. The third-order valence-corrected chi connectivity index (χ3v) is 5.42. The molecule has 0 spiro atoms. The van der Waals surface area contributed by atoms with Crippen LogP contribution in [0.3, 0.4) is 0 Å². The van der Waals surface area contributed by atoms with Crippen molar-refractivity contribution in [1.29, 1.82) is 0 Å². The Bertz CT molecular complexity index is 483. The minimum absolute atomic E-state index is 0.0347. The molecule has 0 amide bonds. The molecule has 2 unspecified atom stereocenters. The Kier molecular flexibility index (Phi) is 7.69. The Labute approximate surface area is 149 Å². The predicted molar refractivity (Wildman–Crippen MR) is 101 cm³/mol. The summed E-state index contributed by atoms with van der Waals surface area (Å²) in [5.41, 5.74) is 0.824. The van der Waals surface area contributed by atoms with Crippen molar-refractivity contribution >= 4 is 17.1 Å². The standard InChI is InChI=1S/C18H32N2O3S/c1-9-11-19-14(10-2)13(3)16(20-24(21)17(4,5)6)15-12-22-18(7,8)23-15/h9-11,13,15-16,20H,2,12H2,1,3-8H3/b11-9-,19-14?/t13?,15-,16-,24?/m1/s1. The fourth-order valence-corrected chi connectivity index (χ4v) is 3.35. The molecule has 0 radical (unpaired) electrons. The highest BCUT2D eigenvalue weighted by atomic mass is 32.2. The zero-order chi connectivity index (χ0) is 18.5. The maximum Gasteiger partial charge on any atom is 0.163 e. The zero-order valence-electron chi connectivity index (χ0n) is 16.0. The van der Waals surface area contributed by atoms with E-state index in [-0.39, 0.29) is 22.8 Å². The van der Waals surface area contributed by atoms with E-state index in [4.69, 9.17) is 9.47 Å². The van der Waals surface area contributed by atoms with E-state index >= 15 is 0 Å². The Morgan fingerprint density at radius 1 is 1.46 bits per heavy atom. The summed E-state index contributed by atoms with van der Waals surface area (Å²) >= 11 is -1.23. The Morgan fingerprint density at radius 2 is 2.08 bits per heavy atom. The van der Waals surface area contributed by atoms with Gasteiger partial charge in [-0.2, -0.15) is 0 Å². The number of aliphatic imine (C=N–C) groups is 1. The van der Waals surface area contributed by atoms with Gasteiger partial charge in [0.05, 0.1) is 12.6 Å². The lowest BCUT2D eigenvalue weighted by atomic mass is 9.93. The third-order valence-electron chi connectivity index (χ3n) is 3.82. The van der Waals surface area contributed by atoms with Crippen molar-refractivity contribution in [2.75, 3.05) is 6.61 Å². The van der Waals surface area contributed by atoms with Gasteiger partial charge in [-0.05, 0) is 47.6 Å². The van der Waals surface area contributed by atoms with Gasteiger partial charge >= 0.3 is 0 Å². The lowest BCUT2D eigenvalue weighted by molar-refractivity contribution is -0.141. The zero-order valence-corrected chi connectivity index (χ0v) is 16.8. The van der Waals surface area contributed by atoms with Crippen LogP contribution in [0.15, 0.2) is 29.9 Å². The van der Waals surface area contributed by atoms with Crippen LogP contribution in [0.25, 0.3) is 0 Å². The third kappa shape index (κ3) is 6.01. The van der Waals surface area contributed by atoms with E-state index in [0.717, 1.165) is 5.71 Å². The SMILES string of the molecule is C=CC(=N/C=C\C)C(C)[C@@H](N[S+]([O-])C(C)(C)C)[C@H]1COC(C)(C)O1. The number of hydrogen-bond acceptors (Lipinski definition) is 5. The van der Waals surface area contributed by atoms with Crippen LogP contribution in [0.1, 0.15) is 48.5 Å². The molecule has 138 valence electrons. The van der Waals surface area contributed by atoms with Crippen LogP contribution in [-0.2, 0) is 20.8 Å². The van der Waals surface area contributed by atoms with E-state index < -0.39 is 17.1 Å². The van der Waals surface area contributed by atoms with Crippen LogP contribution in [0, 0.1) is 5.92 Å². The molecule has 1 N–H and O–H groups in total. The minimum atomic E-state index is -1.23. The van der Waals surface area contributed by atoms with Gasteiger partial charge in [-0.1, -0.05) is 19.6 Å². The maximum atomic E-state index is 12.6. The molecule has 0 aliphatic carbocycles. The van der Waals surface area contributed by atoms with Crippen LogP contribution >= 0.6 is 0 Å². The van der Waals surface area contributed by atoms with Crippen LogP contribution in [0.2, 0.25) is 0 Å². The topological polar surface area (TPSA) is 65.9 Å². The number of allylic oxidation sites excluding steroid dienone is 2. The van der Waals surface area contributed by atoms with Crippen LogP contribution in [0.5, 0.6) is 0 Å². The Hall–Kier alpha value is -0.660. The van der Waals surface area contributed by atoms with Gasteiger partial charge in [0.1, 0.15) is 10.9 Å². The molecule has 6 heteroatoms. The van der Waals surface area contributed by atoms with Gasteiger partial charge in [-0.15, -0.1) is 4.72 Å². The molecular weight excluding hydrogens is 324 g/mol. The highest BCUT2D eigenvalue weighted by Gasteiger charge is 2.43. The highest BCUT2D eigenvalue weighted by Crippen LogP contribution is 2.29. The molecule has 5 nitrogen and oxygen atoms in total. The average molecular weight is 357 g/mol. The Morgan fingerprint density at radius 3 is 2.50 bits per heavy atom. The van der Waals surface area contributed by atoms with Crippen LogP contribution < -0.4 is 4.72 Å². The summed E-state index contributed by atoms with van der Waals surface area (Å²) in [6.45, 7) is 17.9. The Balaban J connectivity index is 3.06. The van der Waals surface area contributed by atoms with Crippen molar-refractivity contribution in [3.8, 4) is 0 Å². The molecule has 24 heavy (non-hydrogen) atoms. The summed E-state index contributed by atoms with van der Waals surface area (Å²) in [6, 6.07) is -0.200. The van der Waals surface area contributed by atoms with Crippen molar-refractivity contribution in [2.24, 2.45) is 10.9 Å². The lowest BCUT2D eigenvalue weighted by Gasteiger charge is -2.33. The summed E-state index contributed by atoms with van der Waals surface area (Å²) in [7, 11) is 0. The lowest BCUT2D eigenvalue weighted by Crippen LogP contribution is -2.54. The normalized spacial score (nSPS) is 25.7. The smallest absolute Gasteiger partial charge is 0.163 e. The molecule has 0 saturated carbocycles. The molecule has 1 fully saturated rings. The largest absolute Gasteiger partial charge is 0.598 e. The van der Waals surface area contributed by atoms with E-state index in [1.165, 1.54) is 0 Å². The van der Waals surface area contributed by atoms with Gasteiger partial charge in [0, 0.05) is 29.2 Å². The van der Waals surface area contributed by atoms with Crippen molar-refractivity contribution in [3.05, 3.63) is 24.9 Å². The van der Waals surface area contributed by atoms with Crippen molar-refractivity contribution in [1.82, 2.24) is 4.72 Å². The monoisotopic (exact) mass is 356 g/mol. The van der Waals surface area contributed by atoms with Gasteiger partial charge in [0.2, 0.25) is 0 Å². The fourth-order valence-electron chi connectivity index (χ4n) is 2.39. The summed E-state index contributed by atoms with van der Waals surface area (Å²) in [5, 5.41) is 0. The minimum Gasteiger partial charge on any atom is -0.598 e. The summed E-state index contributed by atoms with van der Waals surface area (Å²) in [6.07, 6.45) is 5.13. The first-order valence-electron chi connectivity index (χ1n) is 8.33. The molecule has 0 aromatic carbocycles. The van der Waals surface area contributed by atoms with E-state index in [2.05, 4.69) is 16.3 Å².